The molecule has 1 unspecified atom stereocenters. The molecular formula is C20H26N10. The van der Waals surface area contributed by atoms with E-state index < -0.39 is 5.54 Å². The Labute approximate surface area is 174 Å². The van der Waals surface area contributed by atoms with Crippen LogP contribution in [0.4, 0.5) is 5.69 Å². The van der Waals surface area contributed by atoms with E-state index in [4.69, 9.17) is 16.6 Å². The highest BCUT2D eigenvalue weighted by Crippen LogP contribution is 2.37. The van der Waals surface area contributed by atoms with Gasteiger partial charge in [0, 0.05) is 37.9 Å². The number of aromatic amines is 1. The van der Waals surface area contributed by atoms with Crippen LogP contribution in [0.5, 0.6) is 0 Å². The second kappa shape index (κ2) is 8.65. The number of allylic oxidation sites excluding steroid dienone is 1. The normalized spacial score (nSPS) is 17.0. The molecule has 10 nitrogen and oxygen atoms in total. The minimum Gasteiger partial charge on any atom is -0.403 e. The quantitative estimate of drug-likeness (QED) is 0.357. The van der Waals surface area contributed by atoms with Crippen LogP contribution in [-0.2, 0) is 12.0 Å². The standard InChI is InChI=1S/C20H26N10/c1-3-15-10-26-30(11-15)20(14(2)7-21)12-29(13-20)17-5-4-6-25-18(17)28-19(24)27-16(8-22)9-23/h4-6,8-11,14,22H,3,12-13,23H2,1-2H3,(H3,24,25,27,28)/b16-9+,22-8?. The Morgan fingerprint density at radius 1 is 1.57 bits per heavy atom. The number of nitrogens with one attached hydrogen (secondary N) is 4. The van der Waals surface area contributed by atoms with E-state index >= 15 is 0 Å². The van der Waals surface area contributed by atoms with Gasteiger partial charge < -0.3 is 26.3 Å². The third kappa shape index (κ3) is 3.82. The van der Waals surface area contributed by atoms with Crippen LogP contribution in [0.25, 0.3) is 0 Å². The van der Waals surface area contributed by atoms with Gasteiger partial charge in [0.2, 0.25) is 5.96 Å². The summed E-state index contributed by atoms with van der Waals surface area (Å²) in [4.78, 5) is 9.46. The molecule has 0 bridgehead atoms. The first-order valence-electron chi connectivity index (χ1n) is 9.66. The Bertz CT molecular complexity index is 1060. The molecule has 156 valence electrons. The van der Waals surface area contributed by atoms with Crippen LogP contribution in [0.2, 0.25) is 0 Å². The van der Waals surface area contributed by atoms with Crippen molar-refractivity contribution in [2.24, 2.45) is 16.6 Å². The van der Waals surface area contributed by atoms with Crippen molar-refractivity contribution in [1.29, 1.82) is 16.1 Å². The van der Waals surface area contributed by atoms with Crippen LogP contribution in [0.15, 0.2) is 47.6 Å². The maximum atomic E-state index is 9.62. The van der Waals surface area contributed by atoms with E-state index in [1.807, 2.05) is 36.1 Å². The van der Waals surface area contributed by atoms with Gasteiger partial charge in [-0.25, -0.2) is 0 Å². The first kappa shape index (κ1) is 20.9. The Kier molecular flexibility index (Phi) is 6.01. The number of H-pyrrole nitrogens is 1. The molecule has 0 aliphatic carbocycles. The minimum absolute atomic E-state index is 0.143. The molecule has 0 amide bonds. The second-order valence-corrected chi connectivity index (χ2v) is 7.21. The molecule has 0 radical (unpaired) electrons. The zero-order chi connectivity index (χ0) is 21.7. The van der Waals surface area contributed by atoms with E-state index in [1.54, 1.807) is 6.20 Å². The van der Waals surface area contributed by atoms with Crippen molar-refractivity contribution >= 4 is 17.9 Å². The number of nitrogens with two attached hydrogens (primary N) is 1. The molecular weight excluding hydrogens is 380 g/mol. The molecule has 10 heteroatoms. The monoisotopic (exact) mass is 406 g/mol. The van der Waals surface area contributed by atoms with E-state index in [2.05, 4.69) is 38.3 Å². The fraction of sp³-hybridized carbons (Fsp3) is 0.350. The van der Waals surface area contributed by atoms with Crippen molar-refractivity contribution in [2.45, 2.75) is 25.8 Å². The lowest BCUT2D eigenvalue weighted by atomic mass is 9.78. The van der Waals surface area contributed by atoms with Crippen LogP contribution in [0.3, 0.4) is 0 Å². The zero-order valence-electron chi connectivity index (χ0n) is 17.1. The van der Waals surface area contributed by atoms with Gasteiger partial charge in [-0.1, -0.05) is 6.92 Å². The van der Waals surface area contributed by atoms with Crippen LogP contribution >= 0.6 is 0 Å². The smallest absolute Gasteiger partial charge is 0.221 e. The number of aromatic nitrogens is 3. The van der Waals surface area contributed by atoms with E-state index in [-0.39, 0.29) is 17.6 Å². The molecule has 0 saturated carbocycles. The molecule has 1 aliphatic heterocycles. The fourth-order valence-electron chi connectivity index (χ4n) is 3.47. The average Bonchev–Trinajstić information content (AvgIpc) is 3.21. The summed E-state index contributed by atoms with van der Waals surface area (Å²) in [5, 5.41) is 32.1. The maximum absolute atomic E-state index is 9.62. The van der Waals surface area contributed by atoms with E-state index in [9.17, 15) is 5.26 Å². The molecule has 6 N–H and O–H groups in total. The molecule has 2 aromatic rings. The third-order valence-corrected chi connectivity index (χ3v) is 5.40. The predicted molar refractivity (Wildman–Crippen MR) is 115 cm³/mol. The Balaban J connectivity index is 1.88. The van der Waals surface area contributed by atoms with Gasteiger partial charge in [-0.15, -0.1) is 0 Å². The van der Waals surface area contributed by atoms with Crippen molar-refractivity contribution in [3.05, 3.63) is 53.7 Å². The summed E-state index contributed by atoms with van der Waals surface area (Å²) in [6.07, 6.45) is 8.71. The first-order valence-corrected chi connectivity index (χ1v) is 9.66. The molecule has 30 heavy (non-hydrogen) atoms. The Morgan fingerprint density at radius 3 is 2.93 bits per heavy atom. The van der Waals surface area contributed by atoms with Gasteiger partial charge in [-0.3, -0.25) is 10.1 Å². The highest BCUT2D eigenvalue weighted by molar-refractivity contribution is 5.87. The SMILES string of the molecule is CCc1cnn(C2(C(C)C#N)CN(c3ccc[nH]/c3=N\C(=N)N/C(C=N)=C/N)C2)c1. The summed E-state index contributed by atoms with van der Waals surface area (Å²) in [6.45, 7) is 5.20. The number of hydrogen-bond acceptors (Lipinski definition) is 6. The number of pyridine rings is 1. The molecule has 1 fully saturated rings. The topological polar surface area (TPSA) is 159 Å². The Morgan fingerprint density at radius 2 is 2.33 bits per heavy atom. The van der Waals surface area contributed by atoms with Crippen LogP contribution in [0.1, 0.15) is 19.4 Å². The summed E-state index contributed by atoms with van der Waals surface area (Å²) < 4.78 is 1.92. The number of anilines is 1. The largest absolute Gasteiger partial charge is 0.403 e. The number of nitrogens with zero attached hydrogens (tertiary/aromatic N) is 5. The number of aryl methyl sites for hydroxylation is 1. The lowest BCUT2D eigenvalue weighted by Crippen LogP contribution is -2.66. The summed E-state index contributed by atoms with van der Waals surface area (Å²) >= 11 is 0. The van der Waals surface area contributed by atoms with Gasteiger partial charge in [0.05, 0.1) is 29.6 Å². The van der Waals surface area contributed by atoms with Crippen molar-refractivity contribution in [3.63, 3.8) is 0 Å². The van der Waals surface area contributed by atoms with Crippen molar-refractivity contribution in [2.75, 3.05) is 18.0 Å². The number of rotatable bonds is 6. The van der Waals surface area contributed by atoms with Gasteiger partial charge in [-0.05, 0) is 31.0 Å². The van der Waals surface area contributed by atoms with Gasteiger partial charge in [-0.2, -0.15) is 15.4 Å². The molecule has 3 heterocycles. The summed E-state index contributed by atoms with van der Waals surface area (Å²) in [5.74, 6) is -0.369. The molecule has 0 spiro atoms. The zero-order valence-corrected chi connectivity index (χ0v) is 17.1. The molecule has 1 aliphatic rings. The van der Waals surface area contributed by atoms with Crippen LogP contribution < -0.4 is 21.4 Å². The van der Waals surface area contributed by atoms with Crippen molar-refractivity contribution < 1.29 is 0 Å². The number of hydrogen-bond donors (Lipinski definition) is 5. The molecule has 3 rings (SSSR count). The third-order valence-electron chi connectivity index (χ3n) is 5.40. The van der Waals surface area contributed by atoms with Crippen LogP contribution in [0, 0.1) is 28.1 Å². The highest BCUT2D eigenvalue weighted by Gasteiger charge is 2.50. The Hall–Kier alpha value is -3.87. The molecule has 0 aromatic carbocycles. The lowest BCUT2D eigenvalue weighted by molar-refractivity contribution is 0.144. The van der Waals surface area contributed by atoms with E-state index in [1.165, 1.54) is 6.20 Å². The van der Waals surface area contributed by atoms with Gasteiger partial charge >= 0.3 is 0 Å². The highest BCUT2D eigenvalue weighted by atomic mass is 15.4. The summed E-state index contributed by atoms with van der Waals surface area (Å²) in [5.41, 5.74) is 7.72. The van der Waals surface area contributed by atoms with E-state index in [0.29, 0.717) is 18.6 Å². The van der Waals surface area contributed by atoms with Gasteiger partial charge in [0.15, 0.2) is 5.49 Å². The van der Waals surface area contributed by atoms with Crippen molar-refractivity contribution in [3.8, 4) is 6.07 Å². The predicted octanol–water partition coefficient (Wildman–Crippen LogP) is 1.02. The minimum atomic E-state index is -0.420. The van der Waals surface area contributed by atoms with Crippen LogP contribution in [-0.4, -0.2) is 40.0 Å². The first-order chi connectivity index (χ1) is 14.5. The molecule has 1 atom stereocenters. The number of nitriles is 1. The lowest BCUT2D eigenvalue weighted by Gasteiger charge is -2.52. The summed E-state index contributed by atoms with van der Waals surface area (Å²) in [6, 6.07) is 6.17. The molecule has 1 saturated heterocycles. The van der Waals surface area contributed by atoms with Gasteiger partial charge in [0.25, 0.3) is 0 Å². The number of guanidine groups is 1. The fourth-order valence-corrected chi connectivity index (χ4v) is 3.47. The van der Waals surface area contributed by atoms with E-state index in [0.717, 1.165) is 23.9 Å². The van der Waals surface area contributed by atoms with Gasteiger partial charge in [0.1, 0.15) is 5.54 Å². The molecule has 2 aromatic heterocycles. The van der Waals surface area contributed by atoms with Crippen molar-refractivity contribution in [1.82, 2.24) is 20.1 Å². The second-order valence-electron chi connectivity index (χ2n) is 7.21. The summed E-state index contributed by atoms with van der Waals surface area (Å²) in [7, 11) is 0. The maximum Gasteiger partial charge on any atom is 0.221 e. The average molecular weight is 406 g/mol.